The molecule has 0 fully saturated rings. The van der Waals surface area contributed by atoms with Crippen LogP contribution < -0.4 is 9.41 Å². The van der Waals surface area contributed by atoms with Crippen LogP contribution in [0.5, 0.6) is 0 Å². The second-order valence-corrected chi connectivity index (χ2v) is 4.42. The predicted octanol–water partition coefficient (Wildman–Crippen LogP) is -2.66. The molecular weight excluding hydrogens is 249 g/mol. The van der Waals surface area contributed by atoms with Gasteiger partial charge in [-0.1, -0.05) is 0 Å². The molecule has 3 heteroatoms. The number of unbranched alkanes of at least 4 members (excludes halogenated alkanes) is 1. The fraction of sp³-hybridized carbons (Fsp3) is 0.600. The van der Waals surface area contributed by atoms with Gasteiger partial charge in [-0.25, -0.2) is 0 Å². The van der Waals surface area contributed by atoms with Gasteiger partial charge in [-0.15, -0.1) is 0 Å². The van der Waals surface area contributed by atoms with Gasteiger partial charge < -0.3 is 9.41 Å². The maximum Gasteiger partial charge on any atom is -1.00 e. The van der Waals surface area contributed by atoms with Gasteiger partial charge in [0.15, 0.2) is 0 Å². The first-order valence-electron chi connectivity index (χ1n) is 4.36. The van der Waals surface area contributed by atoms with Crippen molar-refractivity contribution in [1.82, 2.24) is 0 Å². The second-order valence-electron chi connectivity index (χ2n) is 3.19. The van der Waals surface area contributed by atoms with Crippen molar-refractivity contribution in [1.29, 1.82) is 0 Å². The molecule has 0 saturated heterocycles. The molecule has 0 bridgehead atoms. The summed E-state index contributed by atoms with van der Waals surface area (Å²) in [6.07, 6.45) is 7.62. The molecule has 1 aliphatic carbocycles. The summed E-state index contributed by atoms with van der Waals surface area (Å²) >= 11 is 1.60. The number of hydrogen-bond acceptors (Lipinski definition) is 0. The van der Waals surface area contributed by atoms with E-state index in [0.29, 0.717) is 0 Å². The van der Waals surface area contributed by atoms with E-state index in [0.717, 1.165) is 0 Å². The van der Waals surface area contributed by atoms with E-state index in [4.69, 9.17) is 0 Å². The maximum atomic E-state index is 2.41. The molecule has 0 atom stereocenters. The quantitative estimate of drug-likeness (QED) is 0.522. The first kappa shape index (κ1) is 15.7. The van der Waals surface area contributed by atoms with Crippen LogP contribution in [0.2, 0.25) is 0 Å². The molecule has 1 rings (SSSR count). The molecular formula is C10H15F2Zr. The van der Waals surface area contributed by atoms with E-state index < -0.39 is 0 Å². The molecule has 1 aliphatic rings. The summed E-state index contributed by atoms with van der Waals surface area (Å²) in [5.41, 5.74) is 3.25. The van der Waals surface area contributed by atoms with Gasteiger partial charge in [-0.2, -0.15) is 0 Å². The van der Waals surface area contributed by atoms with Crippen molar-refractivity contribution in [3.05, 3.63) is 20.5 Å². The van der Waals surface area contributed by atoms with Crippen molar-refractivity contribution >= 4 is 0 Å². The Morgan fingerprint density at radius 2 is 2.00 bits per heavy atom. The molecule has 0 N–H and O–H groups in total. The van der Waals surface area contributed by atoms with Crippen molar-refractivity contribution in [2.75, 3.05) is 0 Å². The number of halogens is 2. The van der Waals surface area contributed by atoms with Gasteiger partial charge in [0.05, 0.1) is 0 Å². The third kappa shape index (κ3) is 4.31. The van der Waals surface area contributed by atoms with Crippen LogP contribution in [0, 0.1) is 0 Å². The van der Waals surface area contributed by atoms with Crippen LogP contribution >= 0.6 is 0 Å². The Balaban J connectivity index is 0. The van der Waals surface area contributed by atoms with Crippen LogP contribution in [-0.4, -0.2) is 0 Å². The molecule has 0 radical (unpaired) electrons. The largest absolute Gasteiger partial charge is 1.00 e. The van der Waals surface area contributed by atoms with Crippen molar-refractivity contribution < 1.29 is 34.1 Å². The maximum absolute atomic E-state index is 2.41. The molecule has 0 heterocycles. The standard InChI is InChI=1S/C10H15.2FH.Zr/c1-3-4-5-10-7-6-9(2)8-10;;;/h7H,3-6H2,1-2H3;2*1H;/q;;;+2/p-2. The smallest absolute Gasteiger partial charge is 1.00 e. The van der Waals surface area contributed by atoms with Crippen molar-refractivity contribution in [2.45, 2.75) is 39.5 Å². The summed E-state index contributed by atoms with van der Waals surface area (Å²) < 4.78 is 1.64. The van der Waals surface area contributed by atoms with Gasteiger partial charge in [0.1, 0.15) is 0 Å². The summed E-state index contributed by atoms with van der Waals surface area (Å²) in [5.74, 6) is 0. The zero-order chi connectivity index (χ0) is 8.27. The zero-order valence-electron chi connectivity index (χ0n) is 8.16. The Bertz CT molecular complexity index is 207. The Morgan fingerprint density at radius 3 is 2.38 bits per heavy atom. The van der Waals surface area contributed by atoms with Gasteiger partial charge in [0, 0.05) is 0 Å². The van der Waals surface area contributed by atoms with E-state index in [1.165, 1.54) is 25.7 Å². The molecule has 0 amide bonds. The number of hydrogen-bond donors (Lipinski definition) is 0. The monoisotopic (exact) mass is 263 g/mol. The Hall–Kier alpha value is 0.223. The Morgan fingerprint density at radius 1 is 1.38 bits per heavy atom. The van der Waals surface area contributed by atoms with Crippen molar-refractivity contribution in [3.8, 4) is 0 Å². The first-order chi connectivity index (χ1) is 5.25. The summed E-state index contributed by atoms with van der Waals surface area (Å²) in [4.78, 5) is 0. The fourth-order valence-corrected chi connectivity index (χ4v) is 2.16. The predicted molar refractivity (Wildman–Crippen MR) is 44.9 cm³/mol. The summed E-state index contributed by atoms with van der Waals surface area (Å²) in [7, 11) is 0. The summed E-state index contributed by atoms with van der Waals surface area (Å²) in [6, 6.07) is 0. The molecule has 0 saturated carbocycles. The fourth-order valence-electron chi connectivity index (χ4n) is 1.35. The normalized spacial score (nSPS) is 14.9. The summed E-state index contributed by atoms with van der Waals surface area (Å²) in [6.45, 7) is 4.52. The Labute approximate surface area is 94.1 Å². The Kier molecular flexibility index (Phi) is 9.18. The van der Waals surface area contributed by atoms with Crippen LogP contribution in [0.25, 0.3) is 0 Å². The van der Waals surface area contributed by atoms with Crippen LogP contribution in [-0.2, 0) is 24.7 Å². The van der Waals surface area contributed by atoms with Crippen molar-refractivity contribution in [3.63, 3.8) is 0 Å². The topological polar surface area (TPSA) is 0 Å². The molecule has 0 nitrogen and oxygen atoms in total. The molecule has 0 aromatic rings. The molecule has 13 heavy (non-hydrogen) atoms. The van der Waals surface area contributed by atoms with Gasteiger partial charge in [0.2, 0.25) is 0 Å². The summed E-state index contributed by atoms with van der Waals surface area (Å²) in [5, 5.41) is 0. The van der Waals surface area contributed by atoms with Gasteiger partial charge in [-0.05, 0) is 0 Å². The molecule has 0 aromatic heterocycles. The minimum atomic E-state index is 0. The van der Waals surface area contributed by atoms with Gasteiger partial charge in [-0.3, -0.25) is 0 Å². The molecule has 0 aliphatic heterocycles. The number of allylic oxidation sites excluding steroid dienone is 4. The van der Waals surface area contributed by atoms with Crippen LogP contribution in [0.3, 0.4) is 0 Å². The van der Waals surface area contributed by atoms with Gasteiger partial charge >= 0.3 is 84.8 Å². The van der Waals surface area contributed by atoms with Crippen molar-refractivity contribution in [2.24, 2.45) is 0 Å². The van der Waals surface area contributed by atoms with Gasteiger partial charge in [0.25, 0.3) is 0 Å². The number of rotatable bonds is 3. The SMILES string of the molecule is CCCCC1=CCC(C)=[C]1[Zr+2].[F-].[F-]. The van der Waals surface area contributed by atoms with E-state index in [-0.39, 0.29) is 9.41 Å². The third-order valence-electron chi connectivity index (χ3n) is 2.20. The minimum Gasteiger partial charge on any atom is -1.00 e. The minimum absolute atomic E-state index is 0. The molecule has 73 valence electrons. The molecule has 0 aromatic carbocycles. The van der Waals surface area contributed by atoms with Crippen LogP contribution in [0.4, 0.5) is 0 Å². The van der Waals surface area contributed by atoms with Crippen LogP contribution in [0.15, 0.2) is 20.5 Å². The third-order valence-corrected chi connectivity index (χ3v) is 4.04. The molecule has 0 spiro atoms. The van der Waals surface area contributed by atoms with E-state index in [2.05, 4.69) is 19.9 Å². The average molecular weight is 264 g/mol. The second kappa shape index (κ2) is 7.61. The van der Waals surface area contributed by atoms with E-state index in [9.17, 15) is 0 Å². The average Bonchev–Trinajstić information content (AvgIpc) is 2.31. The van der Waals surface area contributed by atoms with E-state index in [1.54, 1.807) is 39.1 Å². The molecule has 0 unspecified atom stereocenters. The van der Waals surface area contributed by atoms with E-state index >= 15 is 0 Å². The van der Waals surface area contributed by atoms with E-state index in [1.807, 2.05) is 0 Å². The first-order valence-corrected chi connectivity index (χ1v) is 5.59. The van der Waals surface area contributed by atoms with Crippen LogP contribution in [0.1, 0.15) is 39.5 Å². The zero-order valence-corrected chi connectivity index (χ0v) is 10.6.